The molecule has 2 saturated heterocycles. The Morgan fingerprint density at radius 3 is 2.65 bits per heavy atom. The van der Waals surface area contributed by atoms with Gasteiger partial charge in [0.15, 0.2) is 0 Å². The standard InChI is InChI=1S/C14H28N2S/c1-3-15-11-13-6-8-16(9-7-13)14-5-4-10-17-12(14)2/h12-15H,3-11H2,1-2H3. The number of likely N-dealkylation sites (tertiary alicyclic amines) is 1. The molecule has 2 heterocycles. The van der Waals surface area contributed by atoms with Gasteiger partial charge in [0.25, 0.3) is 0 Å². The Hall–Kier alpha value is 0.270. The number of nitrogens with one attached hydrogen (secondary N) is 1. The molecule has 1 N–H and O–H groups in total. The van der Waals surface area contributed by atoms with E-state index in [1.54, 1.807) is 0 Å². The predicted octanol–water partition coefficient (Wildman–Crippen LogP) is 2.59. The second-order valence-corrected chi connectivity index (χ2v) is 7.06. The number of rotatable bonds is 4. The highest BCUT2D eigenvalue weighted by molar-refractivity contribution is 7.99. The van der Waals surface area contributed by atoms with Crippen LogP contribution in [0.2, 0.25) is 0 Å². The number of hydrogen-bond donors (Lipinski definition) is 1. The van der Waals surface area contributed by atoms with Gasteiger partial charge in [0.05, 0.1) is 0 Å². The summed E-state index contributed by atoms with van der Waals surface area (Å²) in [5.74, 6) is 2.31. The van der Waals surface area contributed by atoms with Gasteiger partial charge in [-0.3, -0.25) is 4.90 Å². The molecular weight excluding hydrogens is 228 g/mol. The highest BCUT2D eigenvalue weighted by Crippen LogP contribution is 2.31. The highest BCUT2D eigenvalue weighted by Gasteiger charge is 2.30. The molecule has 100 valence electrons. The zero-order chi connectivity index (χ0) is 12.1. The zero-order valence-electron chi connectivity index (χ0n) is 11.5. The molecule has 0 spiro atoms. The lowest BCUT2D eigenvalue weighted by Gasteiger charge is -2.42. The Labute approximate surface area is 111 Å². The van der Waals surface area contributed by atoms with Crippen molar-refractivity contribution >= 4 is 11.8 Å². The topological polar surface area (TPSA) is 15.3 Å². The summed E-state index contributed by atoms with van der Waals surface area (Å²) in [6.07, 6.45) is 5.67. The van der Waals surface area contributed by atoms with Crippen LogP contribution in [0.15, 0.2) is 0 Å². The molecule has 0 amide bonds. The van der Waals surface area contributed by atoms with Crippen LogP contribution in [0.4, 0.5) is 0 Å². The summed E-state index contributed by atoms with van der Waals surface area (Å²) in [4.78, 5) is 2.78. The van der Waals surface area contributed by atoms with Gasteiger partial charge < -0.3 is 5.32 Å². The fourth-order valence-corrected chi connectivity index (χ4v) is 4.46. The molecule has 2 nitrogen and oxygen atoms in total. The minimum Gasteiger partial charge on any atom is -0.317 e. The molecule has 2 aliphatic rings. The maximum absolute atomic E-state index is 3.50. The molecule has 2 rings (SSSR count). The Kier molecular flexibility index (Phi) is 5.64. The van der Waals surface area contributed by atoms with Crippen molar-refractivity contribution < 1.29 is 0 Å². The van der Waals surface area contributed by atoms with Gasteiger partial charge in [0.2, 0.25) is 0 Å². The second kappa shape index (κ2) is 7.01. The highest BCUT2D eigenvalue weighted by atomic mass is 32.2. The molecular formula is C14H28N2S. The van der Waals surface area contributed by atoms with Gasteiger partial charge in [-0.15, -0.1) is 0 Å². The van der Waals surface area contributed by atoms with Gasteiger partial charge in [0.1, 0.15) is 0 Å². The second-order valence-electron chi connectivity index (χ2n) is 5.57. The number of thioether (sulfide) groups is 1. The van der Waals surface area contributed by atoms with Crippen LogP contribution in [0, 0.1) is 5.92 Å². The summed E-state index contributed by atoms with van der Waals surface area (Å²) < 4.78 is 0. The first-order valence-electron chi connectivity index (χ1n) is 7.37. The van der Waals surface area contributed by atoms with Gasteiger partial charge >= 0.3 is 0 Å². The molecule has 2 aliphatic heterocycles. The van der Waals surface area contributed by atoms with Crippen molar-refractivity contribution in [1.82, 2.24) is 10.2 Å². The van der Waals surface area contributed by atoms with E-state index in [4.69, 9.17) is 0 Å². The summed E-state index contributed by atoms with van der Waals surface area (Å²) in [7, 11) is 0. The van der Waals surface area contributed by atoms with Crippen molar-refractivity contribution in [3.8, 4) is 0 Å². The van der Waals surface area contributed by atoms with E-state index in [2.05, 4.69) is 35.8 Å². The van der Waals surface area contributed by atoms with E-state index in [9.17, 15) is 0 Å². The van der Waals surface area contributed by atoms with E-state index >= 15 is 0 Å². The van der Waals surface area contributed by atoms with Crippen molar-refractivity contribution in [2.45, 2.75) is 50.8 Å². The van der Waals surface area contributed by atoms with Crippen LogP contribution >= 0.6 is 11.8 Å². The molecule has 3 heteroatoms. The molecule has 2 unspecified atom stereocenters. The van der Waals surface area contributed by atoms with Crippen molar-refractivity contribution in [3.05, 3.63) is 0 Å². The number of piperidine rings is 1. The molecule has 0 aromatic rings. The van der Waals surface area contributed by atoms with Crippen LogP contribution in [0.5, 0.6) is 0 Å². The fraction of sp³-hybridized carbons (Fsp3) is 1.00. The normalized spacial score (nSPS) is 32.8. The van der Waals surface area contributed by atoms with Crippen LogP contribution in [0.1, 0.15) is 39.5 Å². The summed E-state index contributed by atoms with van der Waals surface area (Å²) >= 11 is 2.18. The quantitative estimate of drug-likeness (QED) is 0.832. The molecule has 2 atom stereocenters. The van der Waals surface area contributed by atoms with Gasteiger partial charge in [-0.25, -0.2) is 0 Å². The fourth-order valence-electron chi connectivity index (χ4n) is 3.22. The van der Waals surface area contributed by atoms with E-state index in [1.165, 1.54) is 51.1 Å². The third-order valence-corrected chi connectivity index (χ3v) is 5.73. The van der Waals surface area contributed by atoms with Crippen molar-refractivity contribution in [3.63, 3.8) is 0 Å². The van der Waals surface area contributed by atoms with Crippen molar-refractivity contribution in [2.24, 2.45) is 5.92 Å². The smallest absolute Gasteiger partial charge is 0.0212 e. The van der Waals surface area contributed by atoms with Gasteiger partial charge in [-0.2, -0.15) is 11.8 Å². The molecule has 17 heavy (non-hydrogen) atoms. The Bertz CT molecular complexity index is 214. The predicted molar refractivity (Wildman–Crippen MR) is 77.8 cm³/mol. The maximum atomic E-state index is 3.50. The molecule has 0 saturated carbocycles. The van der Waals surface area contributed by atoms with Crippen molar-refractivity contribution in [1.29, 1.82) is 0 Å². The largest absolute Gasteiger partial charge is 0.317 e. The summed E-state index contributed by atoms with van der Waals surface area (Å²) in [6.45, 7) is 9.67. The molecule has 0 aromatic carbocycles. The van der Waals surface area contributed by atoms with Crippen molar-refractivity contribution in [2.75, 3.05) is 31.9 Å². The van der Waals surface area contributed by atoms with Crippen LogP contribution in [0.3, 0.4) is 0 Å². The summed E-state index contributed by atoms with van der Waals surface area (Å²) in [6, 6.07) is 0.869. The van der Waals surface area contributed by atoms with E-state index in [1.807, 2.05) is 0 Å². The maximum Gasteiger partial charge on any atom is 0.0212 e. The Morgan fingerprint density at radius 1 is 1.24 bits per heavy atom. The molecule has 0 aliphatic carbocycles. The van der Waals surface area contributed by atoms with E-state index in [-0.39, 0.29) is 0 Å². The van der Waals surface area contributed by atoms with Gasteiger partial charge in [-0.1, -0.05) is 13.8 Å². The Balaban J connectivity index is 1.74. The minimum atomic E-state index is 0.856. The molecule has 0 bridgehead atoms. The average molecular weight is 256 g/mol. The molecule has 2 fully saturated rings. The zero-order valence-corrected chi connectivity index (χ0v) is 12.3. The van der Waals surface area contributed by atoms with E-state index in [0.717, 1.165) is 23.8 Å². The molecule has 0 radical (unpaired) electrons. The van der Waals surface area contributed by atoms with Gasteiger partial charge in [-0.05, 0) is 63.5 Å². The molecule has 0 aromatic heterocycles. The lowest BCUT2D eigenvalue weighted by molar-refractivity contribution is 0.123. The first kappa shape index (κ1) is 13.7. The first-order valence-corrected chi connectivity index (χ1v) is 8.42. The minimum absolute atomic E-state index is 0.856. The lowest BCUT2D eigenvalue weighted by atomic mass is 9.94. The number of hydrogen-bond acceptors (Lipinski definition) is 3. The van der Waals surface area contributed by atoms with Crippen LogP contribution < -0.4 is 5.32 Å². The third kappa shape index (κ3) is 3.87. The van der Waals surface area contributed by atoms with Crippen LogP contribution in [-0.2, 0) is 0 Å². The van der Waals surface area contributed by atoms with Gasteiger partial charge in [0, 0.05) is 11.3 Å². The lowest BCUT2D eigenvalue weighted by Crippen LogP contribution is -2.48. The van der Waals surface area contributed by atoms with E-state index in [0.29, 0.717) is 0 Å². The van der Waals surface area contributed by atoms with E-state index < -0.39 is 0 Å². The average Bonchev–Trinajstić information content (AvgIpc) is 2.38. The Morgan fingerprint density at radius 2 is 2.00 bits per heavy atom. The first-order chi connectivity index (χ1) is 8.31. The third-order valence-electron chi connectivity index (χ3n) is 4.37. The monoisotopic (exact) mass is 256 g/mol. The van der Waals surface area contributed by atoms with Crippen LogP contribution in [0.25, 0.3) is 0 Å². The SMILES string of the molecule is CCNCC1CCN(C2CCCSC2C)CC1. The summed E-state index contributed by atoms with van der Waals surface area (Å²) in [5, 5.41) is 4.35. The van der Waals surface area contributed by atoms with Crippen LogP contribution in [-0.4, -0.2) is 48.1 Å². The number of nitrogens with zero attached hydrogens (tertiary/aromatic N) is 1. The summed E-state index contributed by atoms with van der Waals surface area (Å²) in [5.41, 5.74) is 0.